The molecule has 7 nitrogen and oxygen atoms in total. The molecule has 0 saturated heterocycles. The third kappa shape index (κ3) is 3.47. The Labute approximate surface area is 164 Å². The average molecular weight is 400 g/mol. The van der Waals surface area contributed by atoms with E-state index >= 15 is 0 Å². The molecule has 0 radical (unpaired) electrons. The highest BCUT2D eigenvalue weighted by Crippen LogP contribution is 2.36. The molecule has 0 unspecified atom stereocenters. The highest BCUT2D eigenvalue weighted by molar-refractivity contribution is 7.98. The predicted octanol–water partition coefficient (Wildman–Crippen LogP) is 3.80. The van der Waals surface area contributed by atoms with Crippen LogP contribution in [0, 0.1) is 0 Å². The van der Waals surface area contributed by atoms with Crippen molar-refractivity contribution in [3.8, 4) is 22.1 Å². The van der Waals surface area contributed by atoms with E-state index in [9.17, 15) is 0 Å². The van der Waals surface area contributed by atoms with Gasteiger partial charge >= 0.3 is 0 Å². The normalized spacial score (nSPS) is 11.1. The summed E-state index contributed by atoms with van der Waals surface area (Å²) in [6, 6.07) is 5.75. The van der Waals surface area contributed by atoms with Crippen LogP contribution in [0.25, 0.3) is 21.6 Å². The van der Waals surface area contributed by atoms with Crippen LogP contribution < -0.4 is 9.47 Å². The zero-order chi connectivity index (χ0) is 18.8. The number of methoxy groups -OCH3 is 2. The highest BCUT2D eigenvalue weighted by Gasteiger charge is 2.13. The fraction of sp³-hybridized carbons (Fsp3) is 0.222. The van der Waals surface area contributed by atoms with Gasteiger partial charge in [0.15, 0.2) is 5.65 Å². The van der Waals surface area contributed by atoms with Crippen LogP contribution in [-0.2, 0) is 12.8 Å². The number of aromatic nitrogens is 5. The number of benzene rings is 1. The minimum Gasteiger partial charge on any atom is -0.497 e. The minimum atomic E-state index is 0.718. The Bertz CT molecular complexity index is 1090. The van der Waals surface area contributed by atoms with E-state index in [0.717, 1.165) is 49.6 Å². The molecule has 4 aromatic rings. The largest absolute Gasteiger partial charge is 0.497 e. The van der Waals surface area contributed by atoms with Crippen molar-refractivity contribution < 1.29 is 9.47 Å². The summed E-state index contributed by atoms with van der Waals surface area (Å²) in [6.07, 6.45) is 3.37. The van der Waals surface area contributed by atoms with Gasteiger partial charge in [-0.05, 0) is 12.1 Å². The average Bonchev–Trinajstić information content (AvgIpc) is 3.33. The fourth-order valence-electron chi connectivity index (χ4n) is 2.67. The molecule has 0 bridgehead atoms. The summed E-state index contributed by atoms with van der Waals surface area (Å²) in [5.74, 6) is 2.22. The van der Waals surface area contributed by atoms with Gasteiger partial charge < -0.3 is 9.47 Å². The molecule has 0 spiro atoms. The molecule has 4 rings (SSSR count). The maximum atomic E-state index is 5.49. The second kappa shape index (κ2) is 7.53. The van der Waals surface area contributed by atoms with Gasteiger partial charge in [0.25, 0.3) is 0 Å². The molecule has 27 heavy (non-hydrogen) atoms. The maximum absolute atomic E-state index is 5.49. The van der Waals surface area contributed by atoms with Crippen LogP contribution in [0.4, 0.5) is 0 Å². The molecule has 0 saturated carbocycles. The Balaban J connectivity index is 1.55. The molecule has 0 N–H and O–H groups in total. The molecule has 3 heterocycles. The zero-order valence-corrected chi connectivity index (χ0v) is 16.7. The molecule has 3 aromatic heterocycles. The van der Waals surface area contributed by atoms with Gasteiger partial charge in [0.1, 0.15) is 27.9 Å². The number of fused-ring (bicyclic) bond motifs is 1. The SMILES string of the molecule is COc1ccc(-c2nc(CSc3ncnc4c3cnn4C)cs2)c(OC)c1. The molecule has 1 aromatic carbocycles. The van der Waals surface area contributed by atoms with Crippen LogP contribution in [-0.4, -0.2) is 39.0 Å². The van der Waals surface area contributed by atoms with E-state index in [-0.39, 0.29) is 0 Å². The molecule has 0 atom stereocenters. The molecule has 0 aliphatic carbocycles. The summed E-state index contributed by atoms with van der Waals surface area (Å²) in [5.41, 5.74) is 2.78. The van der Waals surface area contributed by atoms with Gasteiger partial charge in [0, 0.05) is 24.2 Å². The van der Waals surface area contributed by atoms with Gasteiger partial charge in [-0.25, -0.2) is 15.0 Å². The molecule has 0 aliphatic rings. The van der Waals surface area contributed by atoms with Crippen molar-refractivity contribution in [1.82, 2.24) is 24.7 Å². The Morgan fingerprint density at radius 2 is 2.07 bits per heavy atom. The zero-order valence-electron chi connectivity index (χ0n) is 15.0. The van der Waals surface area contributed by atoms with E-state index in [1.54, 1.807) is 54.5 Å². The smallest absolute Gasteiger partial charge is 0.162 e. The predicted molar refractivity (Wildman–Crippen MR) is 107 cm³/mol. The second-order valence-corrected chi connectivity index (χ2v) is 7.51. The Morgan fingerprint density at radius 1 is 1.19 bits per heavy atom. The molecule has 0 fully saturated rings. The first-order valence-corrected chi connectivity index (χ1v) is 9.98. The van der Waals surface area contributed by atoms with Crippen LogP contribution >= 0.6 is 23.1 Å². The standard InChI is InChI=1S/C18H17N5O2S2/c1-23-16-14(7-21-23)17(20-10-19-16)26-8-11-9-27-18(22-11)13-5-4-12(24-2)6-15(13)25-3/h4-7,9-10H,8H2,1-3H3. The van der Waals surface area contributed by atoms with E-state index in [4.69, 9.17) is 14.5 Å². The van der Waals surface area contributed by atoms with Crippen LogP contribution in [0.5, 0.6) is 11.5 Å². The van der Waals surface area contributed by atoms with Gasteiger partial charge in [-0.15, -0.1) is 11.3 Å². The third-order valence-electron chi connectivity index (χ3n) is 4.04. The summed E-state index contributed by atoms with van der Waals surface area (Å²) in [6.45, 7) is 0. The van der Waals surface area contributed by atoms with E-state index < -0.39 is 0 Å². The van der Waals surface area contributed by atoms with Crippen molar-refractivity contribution in [2.24, 2.45) is 7.05 Å². The van der Waals surface area contributed by atoms with E-state index in [2.05, 4.69) is 20.4 Å². The Hall–Kier alpha value is -2.65. The summed E-state index contributed by atoms with van der Waals surface area (Å²) in [7, 11) is 5.16. The quantitative estimate of drug-likeness (QED) is 0.361. The van der Waals surface area contributed by atoms with Crippen LogP contribution in [0.3, 0.4) is 0 Å². The molecule has 0 aliphatic heterocycles. The van der Waals surface area contributed by atoms with Crippen LogP contribution in [0.2, 0.25) is 0 Å². The van der Waals surface area contributed by atoms with Gasteiger partial charge in [0.05, 0.1) is 37.1 Å². The molecular formula is C18H17N5O2S2. The number of hydrogen-bond acceptors (Lipinski definition) is 8. The lowest BCUT2D eigenvalue weighted by Gasteiger charge is -2.08. The number of thioether (sulfide) groups is 1. The first-order chi connectivity index (χ1) is 13.2. The number of nitrogens with zero attached hydrogens (tertiary/aromatic N) is 5. The van der Waals surface area contributed by atoms with Gasteiger partial charge in [-0.2, -0.15) is 5.10 Å². The Morgan fingerprint density at radius 3 is 2.89 bits per heavy atom. The molecule has 138 valence electrons. The lowest BCUT2D eigenvalue weighted by Crippen LogP contribution is -1.93. The van der Waals surface area contributed by atoms with Crippen LogP contribution in [0.15, 0.2) is 41.1 Å². The maximum Gasteiger partial charge on any atom is 0.162 e. The minimum absolute atomic E-state index is 0.718. The van der Waals surface area contributed by atoms with Crippen molar-refractivity contribution in [2.45, 2.75) is 10.8 Å². The van der Waals surface area contributed by atoms with E-state index in [0.29, 0.717) is 0 Å². The second-order valence-electron chi connectivity index (χ2n) is 5.68. The molecule has 0 amide bonds. The number of thiazole rings is 1. The third-order valence-corrected chi connectivity index (χ3v) is 6.00. The Kier molecular flexibility index (Phi) is 4.95. The summed E-state index contributed by atoms with van der Waals surface area (Å²) in [5, 5.41) is 9.09. The molecular weight excluding hydrogens is 382 g/mol. The van der Waals surface area contributed by atoms with E-state index in [1.807, 2.05) is 25.2 Å². The number of ether oxygens (including phenoxy) is 2. The lowest BCUT2D eigenvalue weighted by molar-refractivity contribution is 0.395. The van der Waals surface area contributed by atoms with Crippen molar-refractivity contribution in [2.75, 3.05) is 14.2 Å². The van der Waals surface area contributed by atoms with Gasteiger partial charge in [-0.1, -0.05) is 11.8 Å². The molecule has 9 heteroatoms. The summed E-state index contributed by atoms with van der Waals surface area (Å²) < 4.78 is 12.5. The first kappa shape index (κ1) is 17.7. The van der Waals surface area contributed by atoms with E-state index in [1.165, 1.54) is 0 Å². The van der Waals surface area contributed by atoms with Crippen molar-refractivity contribution >= 4 is 34.1 Å². The summed E-state index contributed by atoms with van der Waals surface area (Å²) in [4.78, 5) is 13.4. The monoisotopic (exact) mass is 399 g/mol. The highest BCUT2D eigenvalue weighted by atomic mass is 32.2. The van der Waals surface area contributed by atoms with Gasteiger partial charge in [0.2, 0.25) is 0 Å². The first-order valence-electron chi connectivity index (χ1n) is 8.12. The number of rotatable bonds is 6. The fourth-order valence-corrected chi connectivity index (χ4v) is 4.48. The van der Waals surface area contributed by atoms with Gasteiger partial charge in [-0.3, -0.25) is 4.68 Å². The van der Waals surface area contributed by atoms with Crippen LogP contribution in [0.1, 0.15) is 5.69 Å². The van der Waals surface area contributed by atoms with Crippen molar-refractivity contribution in [3.63, 3.8) is 0 Å². The number of hydrogen-bond donors (Lipinski definition) is 0. The number of aryl methyl sites for hydroxylation is 1. The lowest BCUT2D eigenvalue weighted by atomic mass is 10.2. The topological polar surface area (TPSA) is 75.0 Å². The van der Waals surface area contributed by atoms with Crippen molar-refractivity contribution in [1.29, 1.82) is 0 Å². The summed E-state index contributed by atoms with van der Waals surface area (Å²) >= 11 is 3.22. The van der Waals surface area contributed by atoms with Crippen molar-refractivity contribution in [3.05, 3.63) is 41.8 Å².